The van der Waals surface area contributed by atoms with E-state index in [4.69, 9.17) is 14.2 Å². The minimum Gasteiger partial charge on any atom is -0.497 e. The minimum atomic E-state index is -0.0865. The summed E-state index contributed by atoms with van der Waals surface area (Å²) in [4.78, 5) is 12.5. The highest BCUT2D eigenvalue weighted by atomic mass is 16.6. The average molecular weight is 355 g/mol. The molecule has 0 saturated heterocycles. The smallest absolute Gasteiger partial charge is 0.224 e. The van der Waals surface area contributed by atoms with Gasteiger partial charge in [0.05, 0.1) is 19.6 Å². The van der Waals surface area contributed by atoms with Crippen molar-refractivity contribution < 1.29 is 19.0 Å². The average Bonchev–Trinajstić information content (AvgIpc) is 2.66. The molecule has 1 heterocycles. The summed E-state index contributed by atoms with van der Waals surface area (Å²) in [6.45, 7) is 5.30. The quantitative estimate of drug-likeness (QED) is 0.861. The molecule has 1 atom stereocenters. The molecule has 2 aromatic rings. The second-order valence-electron chi connectivity index (χ2n) is 6.72. The Kier molecular flexibility index (Phi) is 5.66. The van der Waals surface area contributed by atoms with Crippen LogP contribution in [-0.4, -0.2) is 26.2 Å². The maximum Gasteiger partial charge on any atom is 0.224 e. The number of carbonyl (C=O) groups is 1. The number of fused-ring (bicyclic) bond motifs is 1. The van der Waals surface area contributed by atoms with Gasteiger partial charge in [-0.05, 0) is 41.3 Å². The van der Waals surface area contributed by atoms with Crippen LogP contribution in [0.5, 0.6) is 17.2 Å². The van der Waals surface area contributed by atoms with Crippen molar-refractivity contribution >= 4 is 5.91 Å². The summed E-state index contributed by atoms with van der Waals surface area (Å²) in [6, 6.07) is 13.3. The Balaban J connectivity index is 1.70. The molecule has 0 saturated carbocycles. The van der Waals surface area contributed by atoms with Crippen LogP contribution < -0.4 is 19.5 Å². The van der Waals surface area contributed by atoms with E-state index >= 15 is 0 Å². The predicted octanol–water partition coefficient (Wildman–Crippen LogP) is 3.52. The number of hydrogen-bond donors (Lipinski definition) is 1. The molecule has 1 amide bonds. The molecule has 1 aliphatic heterocycles. The lowest BCUT2D eigenvalue weighted by atomic mass is 9.95. The summed E-state index contributed by atoms with van der Waals surface area (Å²) in [5.74, 6) is 2.52. The van der Waals surface area contributed by atoms with Crippen molar-refractivity contribution in [1.29, 1.82) is 0 Å². The zero-order valence-electron chi connectivity index (χ0n) is 15.5. The Bertz CT molecular complexity index is 755. The first kappa shape index (κ1) is 18.1. The van der Waals surface area contributed by atoms with Crippen molar-refractivity contribution in [3.63, 3.8) is 0 Å². The Morgan fingerprint density at radius 2 is 1.77 bits per heavy atom. The van der Waals surface area contributed by atoms with Gasteiger partial charge in [-0.25, -0.2) is 0 Å². The molecule has 5 heteroatoms. The number of ether oxygens (including phenoxy) is 3. The molecule has 1 N–H and O–H groups in total. The van der Waals surface area contributed by atoms with Gasteiger partial charge in [0.2, 0.25) is 5.91 Å². The van der Waals surface area contributed by atoms with Gasteiger partial charge in [-0.2, -0.15) is 0 Å². The van der Waals surface area contributed by atoms with Crippen LogP contribution in [0.2, 0.25) is 0 Å². The van der Waals surface area contributed by atoms with Crippen molar-refractivity contribution in [3.8, 4) is 17.2 Å². The van der Waals surface area contributed by atoms with Gasteiger partial charge in [-0.3, -0.25) is 4.79 Å². The van der Waals surface area contributed by atoms with Crippen LogP contribution in [0.15, 0.2) is 42.5 Å². The minimum absolute atomic E-state index is 0.0104. The molecule has 3 rings (SSSR count). The largest absolute Gasteiger partial charge is 0.497 e. The van der Waals surface area contributed by atoms with Crippen molar-refractivity contribution in [2.75, 3.05) is 20.3 Å². The van der Waals surface area contributed by atoms with Crippen molar-refractivity contribution in [2.24, 2.45) is 5.92 Å². The van der Waals surface area contributed by atoms with E-state index in [-0.39, 0.29) is 17.9 Å². The van der Waals surface area contributed by atoms with E-state index in [1.807, 2.05) is 42.5 Å². The lowest BCUT2D eigenvalue weighted by Gasteiger charge is -2.25. The molecule has 0 fully saturated rings. The molecule has 0 aromatic heterocycles. The molecule has 1 aliphatic rings. The normalized spacial score (nSPS) is 14.0. The Labute approximate surface area is 154 Å². The molecular formula is C21H25NO4. The molecule has 1 unspecified atom stereocenters. The lowest BCUT2D eigenvalue weighted by molar-refractivity contribution is -0.121. The van der Waals surface area contributed by atoms with Crippen LogP contribution in [0.25, 0.3) is 0 Å². The number of benzene rings is 2. The van der Waals surface area contributed by atoms with E-state index in [0.717, 1.165) is 28.4 Å². The highest BCUT2D eigenvalue weighted by Gasteiger charge is 2.21. The van der Waals surface area contributed by atoms with Crippen molar-refractivity contribution in [1.82, 2.24) is 5.32 Å². The maximum absolute atomic E-state index is 12.5. The topological polar surface area (TPSA) is 56.8 Å². The Hall–Kier alpha value is -2.69. The van der Waals surface area contributed by atoms with Gasteiger partial charge in [0.15, 0.2) is 11.5 Å². The van der Waals surface area contributed by atoms with Gasteiger partial charge >= 0.3 is 0 Å². The lowest BCUT2D eigenvalue weighted by Crippen LogP contribution is -2.33. The summed E-state index contributed by atoms with van der Waals surface area (Å²) < 4.78 is 16.4. The van der Waals surface area contributed by atoms with E-state index in [2.05, 4.69) is 19.2 Å². The van der Waals surface area contributed by atoms with Crippen LogP contribution in [0.1, 0.15) is 31.0 Å². The number of nitrogens with one attached hydrogen (secondary N) is 1. The monoisotopic (exact) mass is 355 g/mol. The maximum atomic E-state index is 12.5. The van der Waals surface area contributed by atoms with E-state index in [1.165, 1.54) is 0 Å². The molecular weight excluding hydrogens is 330 g/mol. The van der Waals surface area contributed by atoms with Crippen molar-refractivity contribution in [3.05, 3.63) is 53.6 Å². The molecule has 2 aromatic carbocycles. The second kappa shape index (κ2) is 8.13. The summed E-state index contributed by atoms with van der Waals surface area (Å²) in [5, 5.41) is 3.15. The number of hydrogen-bond acceptors (Lipinski definition) is 4. The van der Waals surface area contributed by atoms with Crippen LogP contribution >= 0.6 is 0 Å². The fourth-order valence-electron chi connectivity index (χ4n) is 3.04. The third-order valence-corrected chi connectivity index (χ3v) is 4.43. The first-order valence-electron chi connectivity index (χ1n) is 8.88. The van der Waals surface area contributed by atoms with Gasteiger partial charge in [0, 0.05) is 0 Å². The van der Waals surface area contributed by atoms with Crippen LogP contribution in [0.4, 0.5) is 0 Å². The van der Waals surface area contributed by atoms with E-state index in [9.17, 15) is 4.79 Å². The first-order chi connectivity index (χ1) is 12.6. The van der Waals surface area contributed by atoms with Gasteiger partial charge < -0.3 is 19.5 Å². The number of methoxy groups -OCH3 is 1. The molecule has 0 aliphatic carbocycles. The van der Waals surface area contributed by atoms with Crippen LogP contribution in [-0.2, 0) is 11.2 Å². The second-order valence-corrected chi connectivity index (χ2v) is 6.72. The molecule has 0 spiro atoms. The summed E-state index contributed by atoms with van der Waals surface area (Å²) in [5.41, 5.74) is 1.97. The predicted molar refractivity (Wildman–Crippen MR) is 99.9 cm³/mol. The third kappa shape index (κ3) is 4.28. The van der Waals surface area contributed by atoms with Crippen LogP contribution in [0.3, 0.4) is 0 Å². The first-order valence-corrected chi connectivity index (χ1v) is 8.88. The third-order valence-electron chi connectivity index (χ3n) is 4.43. The highest BCUT2D eigenvalue weighted by Crippen LogP contribution is 2.34. The number of amides is 1. The van der Waals surface area contributed by atoms with Crippen LogP contribution in [0, 0.1) is 5.92 Å². The van der Waals surface area contributed by atoms with Crippen molar-refractivity contribution in [2.45, 2.75) is 26.3 Å². The van der Waals surface area contributed by atoms with Gasteiger partial charge in [0.1, 0.15) is 19.0 Å². The van der Waals surface area contributed by atoms with Gasteiger partial charge in [-0.15, -0.1) is 0 Å². The Morgan fingerprint density at radius 1 is 1.08 bits per heavy atom. The van der Waals surface area contributed by atoms with Gasteiger partial charge in [-0.1, -0.05) is 32.0 Å². The highest BCUT2D eigenvalue weighted by molar-refractivity contribution is 5.79. The SMILES string of the molecule is COc1ccc(CC(=O)NC(c2ccc3c(c2)OCCO3)C(C)C)cc1. The van der Waals surface area contributed by atoms with E-state index < -0.39 is 0 Å². The summed E-state index contributed by atoms with van der Waals surface area (Å²) in [7, 11) is 1.63. The fourth-order valence-corrected chi connectivity index (χ4v) is 3.04. The Morgan fingerprint density at radius 3 is 2.42 bits per heavy atom. The number of carbonyl (C=O) groups excluding carboxylic acids is 1. The van der Waals surface area contributed by atoms with E-state index in [0.29, 0.717) is 19.6 Å². The number of rotatable bonds is 6. The molecule has 138 valence electrons. The molecule has 26 heavy (non-hydrogen) atoms. The molecule has 0 bridgehead atoms. The zero-order chi connectivity index (χ0) is 18.5. The molecule has 0 radical (unpaired) electrons. The van der Waals surface area contributed by atoms with E-state index in [1.54, 1.807) is 7.11 Å². The molecule has 5 nitrogen and oxygen atoms in total. The zero-order valence-corrected chi connectivity index (χ0v) is 15.5. The summed E-state index contributed by atoms with van der Waals surface area (Å²) >= 11 is 0. The summed E-state index contributed by atoms with van der Waals surface area (Å²) in [6.07, 6.45) is 0.331. The fraction of sp³-hybridized carbons (Fsp3) is 0.381. The standard InChI is InChI=1S/C21H25NO4/c1-14(2)21(16-6-9-18-19(13-16)26-11-10-25-18)22-20(23)12-15-4-7-17(24-3)8-5-15/h4-9,13-14,21H,10-12H2,1-3H3,(H,22,23). The van der Waals surface area contributed by atoms with Gasteiger partial charge in [0.25, 0.3) is 0 Å².